The summed E-state index contributed by atoms with van der Waals surface area (Å²) in [4.78, 5) is 11.8. The normalized spacial score (nSPS) is 19.6. The first-order valence-electron chi connectivity index (χ1n) is 6.50. The van der Waals surface area contributed by atoms with Crippen LogP contribution in [0, 0.1) is 5.92 Å². The molecule has 1 aromatic rings. The standard InChI is InChI=1S/C14H16F3NO2/c15-14(16,17)11-5-1-2-6-12(11)18-13(19)8-10-4-3-7-20-9-10/h1-2,5-6,10H,3-4,7-9H2,(H,18,19). The highest BCUT2D eigenvalue weighted by molar-refractivity contribution is 5.91. The molecule has 1 heterocycles. The van der Waals surface area contributed by atoms with E-state index in [1.165, 1.54) is 18.2 Å². The SMILES string of the molecule is O=C(CC1CCCOC1)Nc1ccccc1C(F)(F)F. The van der Waals surface area contributed by atoms with Crippen molar-refractivity contribution < 1.29 is 22.7 Å². The number of carbonyl (C=O) groups excluding carboxylic acids is 1. The number of alkyl halides is 3. The van der Waals surface area contributed by atoms with Gasteiger partial charge in [-0.25, -0.2) is 0 Å². The fourth-order valence-corrected chi connectivity index (χ4v) is 2.27. The van der Waals surface area contributed by atoms with Gasteiger partial charge >= 0.3 is 6.18 Å². The van der Waals surface area contributed by atoms with Crippen molar-refractivity contribution in [2.24, 2.45) is 5.92 Å². The van der Waals surface area contributed by atoms with E-state index >= 15 is 0 Å². The van der Waals surface area contributed by atoms with E-state index in [9.17, 15) is 18.0 Å². The third kappa shape index (κ3) is 3.96. The van der Waals surface area contributed by atoms with E-state index in [2.05, 4.69) is 5.32 Å². The fraction of sp³-hybridized carbons (Fsp3) is 0.500. The van der Waals surface area contributed by atoms with E-state index in [1.807, 2.05) is 0 Å². The summed E-state index contributed by atoms with van der Waals surface area (Å²) in [6, 6.07) is 4.99. The fourth-order valence-electron chi connectivity index (χ4n) is 2.27. The predicted octanol–water partition coefficient (Wildman–Crippen LogP) is 3.46. The van der Waals surface area contributed by atoms with Gasteiger partial charge in [-0.3, -0.25) is 4.79 Å². The van der Waals surface area contributed by atoms with Gasteiger partial charge in [0.15, 0.2) is 0 Å². The lowest BCUT2D eigenvalue weighted by molar-refractivity contribution is -0.137. The van der Waals surface area contributed by atoms with Crippen LogP contribution in [0.2, 0.25) is 0 Å². The second-order valence-corrected chi connectivity index (χ2v) is 4.88. The Morgan fingerprint density at radius 2 is 2.10 bits per heavy atom. The Hall–Kier alpha value is -1.56. The van der Waals surface area contributed by atoms with Gasteiger partial charge in [-0.05, 0) is 30.9 Å². The molecule has 1 unspecified atom stereocenters. The molecular weight excluding hydrogens is 271 g/mol. The van der Waals surface area contributed by atoms with Crippen LogP contribution in [0.3, 0.4) is 0 Å². The number of benzene rings is 1. The number of para-hydroxylation sites is 1. The van der Waals surface area contributed by atoms with Crippen molar-refractivity contribution in [1.29, 1.82) is 0 Å². The Morgan fingerprint density at radius 1 is 1.35 bits per heavy atom. The summed E-state index contributed by atoms with van der Waals surface area (Å²) in [5, 5.41) is 2.35. The average Bonchev–Trinajstić information content (AvgIpc) is 2.39. The summed E-state index contributed by atoms with van der Waals surface area (Å²) in [6.07, 6.45) is -2.53. The number of anilines is 1. The molecule has 20 heavy (non-hydrogen) atoms. The largest absolute Gasteiger partial charge is 0.418 e. The minimum Gasteiger partial charge on any atom is -0.381 e. The minimum atomic E-state index is -4.47. The first-order valence-corrected chi connectivity index (χ1v) is 6.50. The summed E-state index contributed by atoms with van der Waals surface area (Å²) in [7, 11) is 0. The summed E-state index contributed by atoms with van der Waals surface area (Å²) in [5.74, 6) is -0.320. The Kier molecular flexibility index (Phi) is 4.65. The third-order valence-corrected chi connectivity index (χ3v) is 3.24. The zero-order chi connectivity index (χ0) is 14.6. The molecule has 1 N–H and O–H groups in total. The van der Waals surface area contributed by atoms with Crippen LogP contribution in [0.25, 0.3) is 0 Å². The lowest BCUT2D eigenvalue weighted by atomic mass is 9.98. The summed E-state index contributed by atoms with van der Waals surface area (Å²) < 4.78 is 43.6. The van der Waals surface area contributed by atoms with Gasteiger partial charge in [0.25, 0.3) is 0 Å². The highest BCUT2D eigenvalue weighted by Crippen LogP contribution is 2.34. The first kappa shape index (κ1) is 14.8. The molecule has 0 radical (unpaired) electrons. The van der Waals surface area contributed by atoms with Crippen LogP contribution in [0.5, 0.6) is 0 Å². The maximum atomic E-state index is 12.8. The Labute approximate surface area is 115 Å². The second kappa shape index (κ2) is 6.26. The molecule has 1 aliphatic heterocycles. The Balaban J connectivity index is 2.00. The number of halogens is 3. The van der Waals surface area contributed by atoms with Crippen LogP contribution in [-0.2, 0) is 15.7 Å². The molecule has 0 spiro atoms. The number of rotatable bonds is 3. The van der Waals surface area contributed by atoms with Gasteiger partial charge in [0.2, 0.25) is 5.91 Å². The molecule has 110 valence electrons. The molecule has 0 aromatic heterocycles. The smallest absolute Gasteiger partial charge is 0.381 e. The van der Waals surface area contributed by atoms with Gasteiger partial charge in [-0.1, -0.05) is 12.1 Å². The molecule has 1 saturated heterocycles. The number of amides is 1. The van der Waals surface area contributed by atoms with E-state index in [1.54, 1.807) is 0 Å². The zero-order valence-corrected chi connectivity index (χ0v) is 10.9. The molecule has 2 rings (SSSR count). The molecule has 3 nitrogen and oxygen atoms in total. The molecule has 0 aliphatic carbocycles. The number of hydrogen-bond donors (Lipinski definition) is 1. The van der Waals surface area contributed by atoms with Gasteiger partial charge in [0.1, 0.15) is 0 Å². The van der Waals surface area contributed by atoms with Crippen molar-refractivity contribution in [1.82, 2.24) is 0 Å². The summed E-state index contributed by atoms with van der Waals surface area (Å²) in [6.45, 7) is 1.18. The highest BCUT2D eigenvalue weighted by Gasteiger charge is 2.33. The van der Waals surface area contributed by atoms with Gasteiger partial charge in [-0.2, -0.15) is 13.2 Å². The van der Waals surface area contributed by atoms with Gasteiger partial charge in [0.05, 0.1) is 11.3 Å². The molecule has 6 heteroatoms. The Morgan fingerprint density at radius 3 is 2.75 bits per heavy atom. The zero-order valence-electron chi connectivity index (χ0n) is 10.9. The topological polar surface area (TPSA) is 38.3 Å². The van der Waals surface area contributed by atoms with Crippen molar-refractivity contribution in [3.63, 3.8) is 0 Å². The van der Waals surface area contributed by atoms with Crippen molar-refractivity contribution in [3.8, 4) is 0 Å². The molecule has 1 amide bonds. The maximum Gasteiger partial charge on any atom is 0.418 e. The van der Waals surface area contributed by atoms with Gasteiger partial charge < -0.3 is 10.1 Å². The van der Waals surface area contributed by atoms with Crippen molar-refractivity contribution in [2.45, 2.75) is 25.4 Å². The maximum absolute atomic E-state index is 12.8. The van der Waals surface area contributed by atoms with E-state index in [4.69, 9.17) is 4.74 Å². The van der Waals surface area contributed by atoms with Crippen molar-refractivity contribution >= 4 is 11.6 Å². The Bertz CT molecular complexity index is 468. The van der Waals surface area contributed by atoms with E-state index < -0.39 is 17.6 Å². The van der Waals surface area contributed by atoms with E-state index in [0.717, 1.165) is 18.9 Å². The average molecular weight is 287 g/mol. The predicted molar refractivity (Wildman–Crippen MR) is 68.2 cm³/mol. The summed E-state index contributed by atoms with van der Waals surface area (Å²) in [5.41, 5.74) is -1.02. The van der Waals surface area contributed by atoms with Crippen LogP contribution >= 0.6 is 0 Å². The number of ether oxygens (including phenoxy) is 1. The van der Waals surface area contributed by atoms with Crippen molar-refractivity contribution in [3.05, 3.63) is 29.8 Å². The summed E-state index contributed by atoms with van der Waals surface area (Å²) >= 11 is 0. The quantitative estimate of drug-likeness (QED) is 0.924. The second-order valence-electron chi connectivity index (χ2n) is 4.88. The third-order valence-electron chi connectivity index (χ3n) is 3.24. The van der Waals surface area contributed by atoms with Crippen LogP contribution < -0.4 is 5.32 Å². The molecule has 1 atom stereocenters. The molecule has 1 aromatic carbocycles. The molecule has 0 saturated carbocycles. The van der Waals surface area contributed by atoms with E-state index in [-0.39, 0.29) is 18.0 Å². The van der Waals surface area contributed by atoms with Crippen LogP contribution in [0.15, 0.2) is 24.3 Å². The van der Waals surface area contributed by atoms with E-state index in [0.29, 0.717) is 13.2 Å². The molecule has 1 aliphatic rings. The van der Waals surface area contributed by atoms with Gasteiger partial charge in [0, 0.05) is 19.6 Å². The monoisotopic (exact) mass is 287 g/mol. The minimum absolute atomic E-state index is 0.0850. The highest BCUT2D eigenvalue weighted by atomic mass is 19.4. The van der Waals surface area contributed by atoms with Crippen LogP contribution in [0.1, 0.15) is 24.8 Å². The van der Waals surface area contributed by atoms with Crippen LogP contribution in [0.4, 0.5) is 18.9 Å². The molecular formula is C14H16F3NO2. The van der Waals surface area contributed by atoms with Crippen molar-refractivity contribution in [2.75, 3.05) is 18.5 Å². The van der Waals surface area contributed by atoms with Crippen LogP contribution in [-0.4, -0.2) is 19.1 Å². The first-order chi connectivity index (χ1) is 9.47. The number of hydrogen-bond acceptors (Lipinski definition) is 2. The molecule has 1 fully saturated rings. The lowest BCUT2D eigenvalue weighted by Crippen LogP contribution is -2.24. The molecule has 0 bridgehead atoms. The van der Waals surface area contributed by atoms with Gasteiger partial charge in [-0.15, -0.1) is 0 Å². The number of nitrogens with one attached hydrogen (secondary N) is 1. The number of carbonyl (C=O) groups is 1. The lowest BCUT2D eigenvalue weighted by Gasteiger charge is -2.21.